The van der Waals surface area contributed by atoms with Gasteiger partial charge in [-0.3, -0.25) is 4.79 Å². The molecule has 1 aromatic heterocycles. The lowest BCUT2D eigenvalue weighted by atomic mass is 10.1. The first kappa shape index (κ1) is 29.4. The fourth-order valence-electron chi connectivity index (χ4n) is 4.53. The van der Waals surface area contributed by atoms with Crippen molar-refractivity contribution in [1.29, 1.82) is 0 Å². The maximum atomic E-state index is 13.7. The number of carbonyl (C=O) groups excluding carboxylic acids is 2. The van der Waals surface area contributed by atoms with Gasteiger partial charge < -0.3 is 33.9 Å². The van der Waals surface area contributed by atoms with E-state index in [0.29, 0.717) is 43.3 Å². The van der Waals surface area contributed by atoms with Gasteiger partial charge in [0, 0.05) is 25.2 Å². The molecule has 1 aliphatic heterocycles. The molecule has 1 aliphatic rings. The van der Waals surface area contributed by atoms with Gasteiger partial charge in [0.05, 0.1) is 20.8 Å². The van der Waals surface area contributed by atoms with Crippen LogP contribution in [0.25, 0.3) is 0 Å². The molecule has 0 saturated carbocycles. The van der Waals surface area contributed by atoms with Crippen molar-refractivity contribution in [2.24, 2.45) is 0 Å². The number of hydrogen-bond acceptors (Lipinski definition) is 6. The number of aryl methyl sites for hydroxylation is 1. The van der Waals surface area contributed by atoms with Crippen LogP contribution in [0.15, 0.2) is 34.7 Å². The van der Waals surface area contributed by atoms with Crippen LogP contribution in [0, 0.1) is 6.92 Å². The third kappa shape index (κ3) is 8.97. The molecular formula is C29H44N4O5. The molecule has 2 aromatic rings. The van der Waals surface area contributed by atoms with E-state index >= 15 is 0 Å². The average Bonchev–Trinajstić information content (AvgIpc) is 3.54. The van der Waals surface area contributed by atoms with Crippen LogP contribution < -0.4 is 14.8 Å². The Labute approximate surface area is 227 Å². The lowest BCUT2D eigenvalue weighted by Crippen LogP contribution is -2.53. The zero-order valence-corrected chi connectivity index (χ0v) is 23.8. The SMILES string of the molecule is COc1ccc(CCN(Cc2ccc(C)o2)C(=O)CN(CCN2CCCC2)C(=O)NC(C)(C)C)cc1OC. The summed E-state index contributed by atoms with van der Waals surface area (Å²) in [4.78, 5) is 32.6. The van der Waals surface area contributed by atoms with Crippen LogP contribution in [0.5, 0.6) is 11.5 Å². The van der Waals surface area contributed by atoms with Crippen molar-refractivity contribution in [2.75, 3.05) is 53.5 Å². The molecule has 1 fully saturated rings. The standard InChI is InChI=1S/C29H44N4O5/c1-22-9-11-24(38-22)20-32(16-13-23-10-12-25(36-5)26(19-23)37-6)27(34)21-33(28(35)30-29(2,3)4)18-17-31-14-7-8-15-31/h9-12,19H,7-8,13-18,20-21H2,1-6H3,(H,30,35). The van der Waals surface area contributed by atoms with Crippen LogP contribution in [-0.2, 0) is 17.8 Å². The maximum Gasteiger partial charge on any atom is 0.318 e. The van der Waals surface area contributed by atoms with Gasteiger partial charge in [0.2, 0.25) is 5.91 Å². The fraction of sp³-hybridized carbons (Fsp3) is 0.586. The van der Waals surface area contributed by atoms with E-state index in [4.69, 9.17) is 13.9 Å². The third-order valence-electron chi connectivity index (χ3n) is 6.59. The Morgan fingerprint density at radius 3 is 2.32 bits per heavy atom. The Morgan fingerprint density at radius 2 is 1.71 bits per heavy atom. The van der Waals surface area contributed by atoms with Crippen molar-refractivity contribution in [3.8, 4) is 11.5 Å². The molecule has 0 radical (unpaired) electrons. The number of methoxy groups -OCH3 is 2. The molecule has 0 bridgehead atoms. The Kier molecular flexibility index (Phi) is 10.5. The zero-order chi connectivity index (χ0) is 27.7. The maximum absolute atomic E-state index is 13.7. The van der Waals surface area contributed by atoms with Gasteiger partial charge in [0.25, 0.3) is 0 Å². The molecule has 38 heavy (non-hydrogen) atoms. The number of nitrogens with zero attached hydrogens (tertiary/aromatic N) is 3. The Morgan fingerprint density at radius 1 is 1.00 bits per heavy atom. The first-order valence-corrected chi connectivity index (χ1v) is 13.4. The summed E-state index contributed by atoms with van der Waals surface area (Å²) in [5.74, 6) is 2.70. The minimum Gasteiger partial charge on any atom is -0.493 e. The van der Waals surface area contributed by atoms with E-state index in [9.17, 15) is 9.59 Å². The zero-order valence-electron chi connectivity index (χ0n) is 23.8. The van der Waals surface area contributed by atoms with Crippen molar-refractivity contribution in [3.63, 3.8) is 0 Å². The fourth-order valence-corrected chi connectivity index (χ4v) is 4.53. The van der Waals surface area contributed by atoms with Gasteiger partial charge in [-0.25, -0.2) is 4.79 Å². The minimum atomic E-state index is -0.398. The summed E-state index contributed by atoms with van der Waals surface area (Å²) >= 11 is 0. The molecule has 0 aliphatic carbocycles. The van der Waals surface area contributed by atoms with Gasteiger partial charge in [-0.2, -0.15) is 0 Å². The quantitative estimate of drug-likeness (QED) is 0.447. The summed E-state index contributed by atoms with van der Waals surface area (Å²) in [6, 6.07) is 9.33. The summed E-state index contributed by atoms with van der Waals surface area (Å²) in [7, 11) is 3.21. The van der Waals surface area contributed by atoms with Gasteiger partial charge >= 0.3 is 6.03 Å². The number of amides is 3. The van der Waals surface area contributed by atoms with Gasteiger partial charge in [-0.1, -0.05) is 6.07 Å². The van der Waals surface area contributed by atoms with E-state index in [-0.39, 0.29) is 18.5 Å². The predicted molar refractivity (Wildman–Crippen MR) is 148 cm³/mol. The molecule has 3 rings (SSSR count). The molecule has 0 atom stereocenters. The van der Waals surface area contributed by atoms with Crippen molar-refractivity contribution in [3.05, 3.63) is 47.4 Å². The second-order valence-corrected chi connectivity index (χ2v) is 10.9. The Balaban J connectivity index is 1.74. The number of urea groups is 1. The van der Waals surface area contributed by atoms with Crippen molar-refractivity contribution in [1.82, 2.24) is 20.0 Å². The number of benzene rings is 1. The molecule has 0 spiro atoms. The summed E-state index contributed by atoms with van der Waals surface area (Å²) in [6.45, 7) is 11.9. The number of likely N-dealkylation sites (tertiary alicyclic amines) is 1. The summed E-state index contributed by atoms with van der Waals surface area (Å²) in [6.07, 6.45) is 2.98. The van der Waals surface area contributed by atoms with Crippen molar-refractivity contribution >= 4 is 11.9 Å². The monoisotopic (exact) mass is 528 g/mol. The van der Waals surface area contributed by atoms with Gasteiger partial charge in [-0.05, 0) is 89.9 Å². The molecule has 0 unspecified atom stereocenters. The number of ether oxygens (including phenoxy) is 2. The first-order valence-electron chi connectivity index (χ1n) is 13.4. The third-order valence-corrected chi connectivity index (χ3v) is 6.59. The molecule has 210 valence electrons. The van der Waals surface area contributed by atoms with E-state index < -0.39 is 5.54 Å². The smallest absolute Gasteiger partial charge is 0.318 e. The van der Waals surface area contributed by atoms with Crippen LogP contribution in [0.1, 0.15) is 50.7 Å². The van der Waals surface area contributed by atoms with Crippen molar-refractivity contribution in [2.45, 2.75) is 59.0 Å². The number of furan rings is 1. The molecular weight excluding hydrogens is 484 g/mol. The Hall–Kier alpha value is -3.20. The lowest BCUT2D eigenvalue weighted by Gasteiger charge is -2.31. The van der Waals surface area contributed by atoms with Crippen LogP contribution in [0.2, 0.25) is 0 Å². The molecule has 1 N–H and O–H groups in total. The van der Waals surface area contributed by atoms with E-state index in [1.165, 1.54) is 12.8 Å². The summed E-state index contributed by atoms with van der Waals surface area (Å²) < 4.78 is 16.6. The summed E-state index contributed by atoms with van der Waals surface area (Å²) in [5.41, 5.74) is 0.623. The van der Waals surface area contributed by atoms with Crippen LogP contribution in [0.3, 0.4) is 0 Å². The Bertz CT molecular complexity index is 1060. The molecule has 1 saturated heterocycles. The number of hydrogen-bond donors (Lipinski definition) is 1. The predicted octanol–water partition coefficient (Wildman–Crippen LogP) is 4.08. The second kappa shape index (κ2) is 13.6. The van der Waals surface area contributed by atoms with Crippen molar-refractivity contribution < 1.29 is 23.5 Å². The van der Waals surface area contributed by atoms with Gasteiger partial charge in [0.1, 0.15) is 18.1 Å². The second-order valence-electron chi connectivity index (χ2n) is 10.9. The average molecular weight is 529 g/mol. The normalized spacial score (nSPS) is 13.8. The number of nitrogens with one attached hydrogen (secondary N) is 1. The van der Waals surface area contributed by atoms with Crippen LogP contribution in [0.4, 0.5) is 4.79 Å². The molecule has 9 heteroatoms. The lowest BCUT2D eigenvalue weighted by molar-refractivity contribution is -0.132. The molecule has 3 amide bonds. The molecule has 9 nitrogen and oxygen atoms in total. The topological polar surface area (TPSA) is 87.5 Å². The van der Waals surface area contributed by atoms with E-state index in [0.717, 1.165) is 31.0 Å². The minimum absolute atomic E-state index is 0.00137. The highest BCUT2D eigenvalue weighted by atomic mass is 16.5. The highest BCUT2D eigenvalue weighted by Crippen LogP contribution is 2.28. The van der Waals surface area contributed by atoms with Crippen LogP contribution >= 0.6 is 0 Å². The first-order chi connectivity index (χ1) is 18.1. The van der Waals surface area contributed by atoms with Crippen LogP contribution in [-0.4, -0.2) is 85.7 Å². The highest BCUT2D eigenvalue weighted by molar-refractivity contribution is 5.84. The highest BCUT2D eigenvalue weighted by Gasteiger charge is 2.26. The number of carbonyl (C=O) groups is 2. The van der Waals surface area contributed by atoms with E-state index in [2.05, 4.69) is 10.2 Å². The molecule has 2 heterocycles. The van der Waals surface area contributed by atoms with Gasteiger partial charge in [0.15, 0.2) is 11.5 Å². The molecule has 1 aromatic carbocycles. The van der Waals surface area contributed by atoms with E-state index in [1.807, 2.05) is 58.0 Å². The van der Waals surface area contributed by atoms with Gasteiger partial charge in [-0.15, -0.1) is 0 Å². The van der Waals surface area contributed by atoms with E-state index in [1.54, 1.807) is 24.0 Å². The summed E-state index contributed by atoms with van der Waals surface area (Å²) in [5, 5.41) is 3.03. The largest absolute Gasteiger partial charge is 0.493 e. The number of rotatable bonds is 12.